The highest BCUT2D eigenvalue weighted by molar-refractivity contribution is 7.87. The number of hydrogen-bond acceptors (Lipinski definition) is 7. The van der Waals surface area contributed by atoms with Crippen LogP contribution >= 0.6 is 0 Å². The van der Waals surface area contributed by atoms with Gasteiger partial charge in [-0.2, -0.15) is 8.42 Å². The maximum atomic E-state index is 12.1. The quantitative estimate of drug-likeness (QED) is 0.546. The summed E-state index contributed by atoms with van der Waals surface area (Å²) in [6.07, 6.45) is 0.948. The average molecular weight is 318 g/mol. The van der Waals surface area contributed by atoms with Crippen LogP contribution in [0.2, 0.25) is 0 Å². The first-order chi connectivity index (χ1) is 9.69. The van der Waals surface area contributed by atoms with Gasteiger partial charge in [-0.15, -0.1) is 0 Å². The van der Waals surface area contributed by atoms with Crippen LogP contribution in [0.4, 0.5) is 0 Å². The smallest absolute Gasteiger partial charge is 0.302 e. The van der Waals surface area contributed by atoms with Gasteiger partial charge in [-0.25, -0.2) is 0 Å². The van der Waals surface area contributed by atoms with Crippen molar-refractivity contribution in [2.45, 2.75) is 44.5 Å². The van der Waals surface area contributed by atoms with E-state index in [1.54, 1.807) is 0 Å². The topological polar surface area (TPSA) is 96.0 Å². The van der Waals surface area contributed by atoms with Gasteiger partial charge in [0, 0.05) is 19.3 Å². The van der Waals surface area contributed by atoms with E-state index in [1.807, 2.05) is 0 Å². The molecule has 2 aliphatic carbocycles. The molecule has 3 rings (SSSR count). The molecule has 0 aromatic heterocycles. The molecule has 8 heteroatoms. The van der Waals surface area contributed by atoms with Crippen LogP contribution in [0.25, 0.3) is 0 Å². The fourth-order valence-electron chi connectivity index (χ4n) is 4.20. The summed E-state index contributed by atoms with van der Waals surface area (Å²) >= 11 is 0. The highest BCUT2D eigenvalue weighted by atomic mass is 32.2. The van der Waals surface area contributed by atoms with E-state index in [0.717, 1.165) is 0 Å². The zero-order valence-corrected chi connectivity index (χ0v) is 12.8. The molecule has 0 radical (unpaired) electrons. The molecule has 0 amide bonds. The summed E-state index contributed by atoms with van der Waals surface area (Å²) in [6, 6.07) is 0. The Labute approximate surface area is 123 Å². The van der Waals surface area contributed by atoms with Crippen LogP contribution in [0.3, 0.4) is 0 Å². The summed E-state index contributed by atoms with van der Waals surface area (Å²) in [5.74, 6) is -0.824. The molecule has 118 valence electrons. The molecule has 21 heavy (non-hydrogen) atoms. The third-order valence-electron chi connectivity index (χ3n) is 4.95. The molecule has 3 fully saturated rings. The van der Waals surface area contributed by atoms with Crippen molar-refractivity contribution in [2.75, 3.05) is 13.2 Å². The largest absolute Gasteiger partial charge is 0.465 e. The van der Waals surface area contributed by atoms with Crippen LogP contribution in [0.15, 0.2) is 0 Å². The molecule has 4 atom stereocenters. The molecular weight excluding hydrogens is 300 g/mol. The van der Waals surface area contributed by atoms with E-state index >= 15 is 0 Å². The number of carbonyl (C=O) groups excluding carboxylic acids is 2. The molecule has 2 bridgehead atoms. The minimum absolute atomic E-state index is 0.0404. The Kier molecular flexibility index (Phi) is 3.11. The predicted molar refractivity (Wildman–Crippen MR) is 69.6 cm³/mol. The highest BCUT2D eigenvalue weighted by Gasteiger charge is 2.74. The van der Waals surface area contributed by atoms with E-state index in [-0.39, 0.29) is 24.6 Å². The summed E-state index contributed by atoms with van der Waals surface area (Å²) in [7, 11) is -3.65. The molecule has 0 N–H and O–H groups in total. The monoisotopic (exact) mass is 318 g/mol. The molecule has 1 saturated heterocycles. The second-order valence-electron chi connectivity index (χ2n) is 6.45. The zero-order valence-electron chi connectivity index (χ0n) is 12.0. The minimum Gasteiger partial charge on any atom is -0.465 e. The summed E-state index contributed by atoms with van der Waals surface area (Å²) in [5, 5.41) is -0.682. The zero-order chi connectivity index (χ0) is 15.5. The Morgan fingerprint density at radius 2 is 1.76 bits per heavy atom. The number of fused-ring (bicyclic) bond motifs is 1. The van der Waals surface area contributed by atoms with Crippen molar-refractivity contribution >= 4 is 22.1 Å². The molecule has 4 unspecified atom stereocenters. The van der Waals surface area contributed by atoms with Crippen molar-refractivity contribution in [1.29, 1.82) is 0 Å². The molecule has 0 aromatic rings. The second-order valence-corrected chi connectivity index (χ2v) is 8.19. The van der Waals surface area contributed by atoms with E-state index in [4.69, 9.17) is 13.7 Å². The molecule has 0 spiro atoms. The summed E-state index contributed by atoms with van der Waals surface area (Å²) < 4.78 is 39.7. The third kappa shape index (κ3) is 2.15. The van der Waals surface area contributed by atoms with Crippen LogP contribution in [0.5, 0.6) is 0 Å². The van der Waals surface area contributed by atoms with Crippen LogP contribution in [-0.4, -0.2) is 44.9 Å². The van der Waals surface area contributed by atoms with Gasteiger partial charge in [0.2, 0.25) is 0 Å². The van der Waals surface area contributed by atoms with Gasteiger partial charge < -0.3 is 9.47 Å². The van der Waals surface area contributed by atoms with Gasteiger partial charge >= 0.3 is 11.9 Å². The number of esters is 2. The van der Waals surface area contributed by atoms with Gasteiger partial charge in [-0.05, 0) is 19.3 Å². The van der Waals surface area contributed by atoms with Crippen LogP contribution in [0, 0.1) is 10.8 Å². The van der Waals surface area contributed by atoms with Gasteiger partial charge in [-0.3, -0.25) is 13.8 Å². The van der Waals surface area contributed by atoms with Crippen molar-refractivity contribution in [1.82, 2.24) is 0 Å². The van der Waals surface area contributed by atoms with Crippen molar-refractivity contribution in [3.05, 3.63) is 0 Å². The molecule has 0 aromatic carbocycles. The first-order valence-corrected chi connectivity index (χ1v) is 8.35. The van der Waals surface area contributed by atoms with Gasteiger partial charge in [0.15, 0.2) is 0 Å². The minimum atomic E-state index is -3.65. The summed E-state index contributed by atoms with van der Waals surface area (Å²) in [6.45, 7) is 2.85. The lowest BCUT2D eigenvalue weighted by Crippen LogP contribution is -2.41. The second kappa shape index (κ2) is 4.42. The molecule has 7 nitrogen and oxygen atoms in total. The molecule has 3 aliphatic rings. The number of ether oxygens (including phenoxy) is 2. The summed E-state index contributed by atoms with van der Waals surface area (Å²) in [5.41, 5.74) is -1.07. The van der Waals surface area contributed by atoms with Gasteiger partial charge in [0.1, 0.15) is 6.61 Å². The molecular formula is C13H18O7S. The van der Waals surface area contributed by atoms with E-state index in [1.165, 1.54) is 13.8 Å². The van der Waals surface area contributed by atoms with Crippen LogP contribution in [-0.2, 0) is 33.4 Å². The van der Waals surface area contributed by atoms with E-state index in [0.29, 0.717) is 19.3 Å². The lowest BCUT2D eigenvalue weighted by molar-refractivity contribution is -0.146. The van der Waals surface area contributed by atoms with Gasteiger partial charge in [0.25, 0.3) is 10.1 Å². The maximum Gasteiger partial charge on any atom is 0.302 e. The van der Waals surface area contributed by atoms with Crippen molar-refractivity contribution in [3.63, 3.8) is 0 Å². The summed E-state index contributed by atoms with van der Waals surface area (Å²) in [4.78, 5) is 22.1. The average Bonchev–Trinajstić information content (AvgIpc) is 2.87. The Bertz CT molecular complexity index is 598. The normalized spacial score (nSPS) is 42.0. The number of carbonyl (C=O) groups is 2. The fraction of sp³-hybridized carbons (Fsp3) is 0.846. The first kappa shape index (κ1) is 14.8. The van der Waals surface area contributed by atoms with Gasteiger partial charge in [-0.1, -0.05) is 0 Å². The van der Waals surface area contributed by atoms with Crippen LogP contribution < -0.4 is 0 Å². The molecule has 1 aliphatic heterocycles. The van der Waals surface area contributed by atoms with E-state index in [2.05, 4.69) is 0 Å². The molecule has 1 heterocycles. The standard InChI is InChI=1S/C13H18O7S/c1-8(14)18-6-12-3-10-13(5-12,7-19-9(2)15)11(4-12)21(16,17)20-10/h10-11H,3-7H2,1-2H3. The third-order valence-corrected chi connectivity index (χ3v) is 6.78. The van der Waals surface area contributed by atoms with Gasteiger partial charge in [0.05, 0.1) is 23.4 Å². The van der Waals surface area contributed by atoms with E-state index in [9.17, 15) is 18.0 Å². The Balaban J connectivity index is 1.88. The van der Waals surface area contributed by atoms with Crippen molar-refractivity contribution < 1.29 is 31.7 Å². The van der Waals surface area contributed by atoms with Crippen molar-refractivity contribution in [2.24, 2.45) is 10.8 Å². The SMILES string of the molecule is CC(=O)OCC12CC3OS(=O)(=O)C(C1)C3(COC(C)=O)C2. The first-order valence-electron chi connectivity index (χ1n) is 6.88. The number of hydrogen-bond donors (Lipinski definition) is 0. The van der Waals surface area contributed by atoms with Crippen molar-refractivity contribution in [3.8, 4) is 0 Å². The Morgan fingerprint density at radius 1 is 1.14 bits per heavy atom. The maximum absolute atomic E-state index is 12.1. The lowest BCUT2D eigenvalue weighted by Gasteiger charge is -2.30. The Morgan fingerprint density at radius 3 is 2.33 bits per heavy atom. The number of rotatable bonds is 4. The van der Waals surface area contributed by atoms with E-state index < -0.39 is 32.9 Å². The fourth-order valence-corrected chi connectivity index (χ4v) is 6.35. The Hall–Kier alpha value is -1.15. The highest BCUT2D eigenvalue weighted by Crippen LogP contribution is 2.68. The molecule has 2 saturated carbocycles. The lowest BCUT2D eigenvalue weighted by atomic mass is 9.80. The van der Waals surface area contributed by atoms with Crippen LogP contribution in [0.1, 0.15) is 33.1 Å². The predicted octanol–water partition coefficient (Wildman–Crippen LogP) is 0.380.